The van der Waals surface area contributed by atoms with Crippen LogP contribution in [0.15, 0.2) is 54.9 Å². The Bertz CT molecular complexity index is 1330. The smallest absolute Gasteiger partial charge is 0.224 e. The number of nitrogens with zero attached hydrogens (tertiary/aromatic N) is 3. The minimum Gasteiger partial charge on any atom is -0.361 e. The normalized spacial score (nSPS) is 11.3. The van der Waals surface area contributed by atoms with Gasteiger partial charge in [-0.05, 0) is 62.2 Å². The van der Waals surface area contributed by atoms with Crippen molar-refractivity contribution in [1.29, 1.82) is 0 Å². The van der Waals surface area contributed by atoms with Crippen LogP contribution in [-0.2, 0) is 6.42 Å². The summed E-state index contributed by atoms with van der Waals surface area (Å²) in [4.78, 5) is 20.0. The lowest BCUT2D eigenvalue weighted by Gasteiger charge is -2.08. The van der Waals surface area contributed by atoms with Crippen LogP contribution in [0.2, 0.25) is 0 Å². The highest BCUT2D eigenvalue weighted by molar-refractivity contribution is 5.84. The first kappa shape index (κ1) is 18.2. The molecule has 0 saturated heterocycles. The van der Waals surface area contributed by atoms with Gasteiger partial charge in [-0.1, -0.05) is 11.6 Å². The van der Waals surface area contributed by atoms with E-state index in [0.717, 1.165) is 41.3 Å². The Hall–Kier alpha value is -3.87. The number of aromatic amines is 2. The number of hydrogen-bond donors (Lipinski definition) is 4. The van der Waals surface area contributed by atoms with Gasteiger partial charge in [0.2, 0.25) is 5.95 Å². The number of aryl methyl sites for hydroxylation is 2. The molecule has 0 spiro atoms. The van der Waals surface area contributed by atoms with Crippen molar-refractivity contribution in [2.75, 3.05) is 17.2 Å². The highest BCUT2D eigenvalue weighted by atomic mass is 15.1. The summed E-state index contributed by atoms with van der Waals surface area (Å²) in [5.74, 6) is 2.25. The van der Waals surface area contributed by atoms with E-state index in [1.54, 1.807) is 6.20 Å². The molecule has 0 radical (unpaired) electrons. The van der Waals surface area contributed by atoms with Gasteiger partial charge in [0.05, 0.1) is 11.0 Å². The number of anilines is 3. The van der Waals surface area contributed by atoms with E-state index in [0.29, 0.717) is 5.95 Å². The molecular weight excluding hydrogens is 374 g/mol. The lowest BCUT2D eigenvalue weighted by atomic mass is 10.1. The summed E-state index contributed by atoms with van der Waals surface area (Å²) in [5.41, 5.74) is 6.63. The molecule has 0 saturated carbocycles. The maximum atomic E-state index is 4.58. The molecule has 5 rings (SSSR count). The first-order chi connectivity index (χ1) is 14.6. The van der Waals surface area contributed by atoms with Crippen molar-refractivity contribution >= 4 is 39.4 Å². The third-order valence-electron chi connectivity index (χ3n) is 5.13. The Balaban J connectivity index is 1.25. The predicted octanol–water partition coefficient (Wildman–Crippen LogP) is 4.85. The molecule has 0 bridgehead atoms. The Morgan fingerprint density at radius 2 is 1.90 bits per heavy atom. The van der Waals surface area contributed by atoms with E-state index in [-0.39, 0.29) is 0 Å². The highest BCUT2D eigenvalue weighted by Gasteiger charge is 2.06. The molecule has 3 heterocycles. The summed E-state index contributed by atoms with van der Waals surface area (Å²) in [5, 5.41) is 7.94. The van der Waals surface area contributed by atoms with Gasteiger partial charge < -0.3 is 20.6 Å². The van der Waals surface area contributed by atoms with Crippen LogP contribution in [0.1, 0.15) is 17.0 Å². The van der Waals surface area contributed by atoms with Crippen molar-refractivity contribution in [2.24, 2.45) is 0 Å². The van der Waals surface area contributed by atoms with Gasteiger partial charge in [-0.3, -0.25) is 0 Å². The van der Waals surface area contributed by atoms with E-state index >= 15 is 0 Å². The summed E-state index contributed by atoms with van der Waals surface area (Å²) < 4.78 is 0. The van der Waals surface area contributed by atoms with E-state index in [1.165, 1.54) is 22.0 Å². The van der Waals surface area contributed by atoms with Crippen LogP contribution < -0.4 is 10.6 Å². The standard InChI is InChI=1S/C23H23N7/c1-14-3-5-19-18(11-14)16(13-26-19)7-9-24-23-25-10-8-22(30-23)29-17-4-6-20-21(12-17)28-15(2)27-20/h3-6,8,10-13,26H,7,9H2,1-2H3,(H,27,28)(H2,24,25,29,30). The van der Waals surface area contributed by atoms with Crippen LogP contribution in [0, 0.1) is 13.8 Å². The molecule has 30 heavy (non-hydrogen) atoms. The zero-order valence-corrected chi connectivity index (χ0v) is 17.0. The second-order valence-corrected chi connectivity index (χ2v) is 7.48. The number of nitrogens with one attached hydrogen (secondary N) is 4. The van der Waals surface area contributed by atoms with Crippen LogP contribution >= 0.6 is 0 Å². The summed E-state index contributed by atoms with van der Waals surface area (Å²) in [6.07, 6.45) is 4.73. The monoisotopic (exact) mass is 397 g/mol. The maximum absolute atomic E-state index is 4.58. The maximum Gasteiger partial charge on any atom is 0.224 e. The fourth-order valence-electron chi connectivity index (χ4n) is 3.68. The van der Waals surface area contributed by atoms with E-state index < -0.39 is 0 Å². The second-order valence-electron chi connectivity index (χ2n) is 7.48. The van der Waals surface area contributed by atoms with E-state index in [4.69, 9.17) is 0 Å². The predicted molar refractivity (Wildman–Crippen MR) is 121 cm³/mol. The first-order valence-electron chi connectivity index (χ1n) is 10.0. The van der Waals surface area contributed by atoms with Gasteiger partial charge in [0, 0.05) is 35.5 Å². The molecule has 0 atom stereocenters. The molecule has 7 heteroatoms. The van der Waals surface area contributed by atoms with Crippen molar-refractivity contribution in [3.05, 3.63) is 71.8 Å². The fourth-order valence-corrected chi connectivity index (χ4v) is 3.68. The summed E-state index contributed by atoms with van der Waals surface area (Å²) in [7, 11) is 0. The van der Waals surface area contributed by atoms with E-state index in [2.05, 4.69) is 66.9 Å². The molecule has 150 valence electrons. The average Bonchev–Trinajstić information content (AvgIpc) is 3.30. The van der Waals surface area contributed by atoms with Crippen LogP contribution in [-0.4, -0.2) is 31.5 Å². The van der Waals surface area contributed by atoms with Crippen molar-refractivity contribution in [1.82, 2.24) is 24.9 Å². The Morgan fingerprint density at radius 1 is 0.967 bits per heavy atom. The lowest BCUT2D eigenvalue weighted by Crippen LogP contribution is -2.08. The number of benzene rings is 2. The van der Waals surface area contributed by atoms with Gasteiger partial charge >= 0.3 is 0 Å². The third kappa shape index (κ3) is 3.69. The molecule has 0 fully saturated rings. The minimum atomic E-state index is 0.606. The van der Waals surface area contributed by atoms with Gasteiger partial charge in [0.25, 0.3) is 0 Å². The van der Waals surface area contributed by atoms with Gasteiger partial charge in [-0.2, -0.15) is 4.98 Å². The van der Waals surface area contributed by atoms with E-state index in [1.807, 2.05) is 31.2 Å². The molecule has 0 aliphatic carbocycles. The molecule has 4 N–H and O–H groups in total. The molecule has 7 nitrogen and oxygen atoms in total. The number of imidazole rings is 1. The van der Waals surface area contributed by atoms with Crippen LogP contribution in [0.4, 0.5) is 17.5 Å². The Kier molecular flexibility index (Phi) is 4.55. The molecular formula is C23H23N7. The zero-order valence-electron chi connectivity index (χ0n) is 17.0. The fraction of sp³-hybridized carbons (Fsp3) is 0.174. The van der Waals surface area contributed by atoms with E-state index in [9.17, 15) is 0 Å². The van der Waals surface area contributed by atoms with Crippen LogP contribution in [0.25, 0.3) is 21.9 Å². The molecule has 5 aromatic rings. The molecule has 3 aromatic heterocycles. The van der Waals surface area contributed by atoms with Gasteiger partial charge in [-0.25, -0.2) is 9.97 Å². The Labute approximate surface area is 174 Å². The summed E-state index contributed by atoms with van der Waals surface area (Å²) >= 11 is 0. The molecule has 2 aromatic carbocycles. The van der Waals surface area contributed by atoms with Gasteiger partial charge in [0.1, 0.15) is 11.6 Å². The number of aromatic nitrogens is 5. The number of hydrogen-bond acceptors (Lipinski definition) is 5. The van der Waals surface area contributed by atoms with Crippen molar-refractivity contribution in [3.63, 3.8) is 0 Å². The quantitative estimate of drug-likeness (QED) is 0.329. The Morgan fingerprint density at radius 3 is 2.83 bits per heavy atom. The third-order valence-corrected chi connectivity index (χ3v) is 5.13. The van der Waals surface area contributed by atoms with Gasteiger partial charge in [0.15, 0.2) is 0 Å². The molecule has 0 aliphatic rings. The van der Waals surface area contributed by atoms with Crippen LogP contribution in [0.3, 0.4) is 0 Å². The van der Waals surface area contributed by atoms with Crippen LogP contribution in [0.5, 0.6) is 0 Å². The lowest BCUT2D eigenvalue weighted by molar-refractivity contribution is 0.991. The molecule has 0 unspecified atom stereocenters. The number of H-pyrrole nitrogens is 2. The minimum absolute atomic E-state index is 0.606. The van der Waals surface area contributed by atoms with Crippen molar-refractivity contribution < 1.29 is 0 Å². The largest absolute Gasteiger partial charge is 0.361 e. The number of rotatable bonds is 6. The first-order valence-corrected chi connectivity index (χ1v) is 10.0. The molecule has 0 amide bonds. The summed E-state index contributed by atoms with van der Waals surface area (Å²) in [6.45, 7) is 4.82. The second kappa shape index (κ2) is 7.51. The van der Waals surface area contributed by atoms with Crippen molar-refractivity contribution in [2.45, 2.75) is 20.3 Å². The highest BCUT2D eigenvalue weighted by Crippen LogP contribution is 2.22. The van der Waals surface area contributed by atoms with Gasteiger partial charge in [-0.15, -0.1) is 0 Å². The average molecular weight is 397 g/mol. The SMILES string of the molecule is Cc1ccc2[nH]cc(CCNc3nccc(Nc4ccc5nc(C)[nH]c5c4)n3)c2c1. The van der Waals surface area contributed by atoms with Crippen molar-refractivity contribution in [3.8, 4) is 0 Å². The molecule has 0 aliphatic heterocycles. The number of fused-ring (bicyclic) bond motifs is 2. The summed E-state index contributed by atoms with van der Waals surface area (Å²) in [6, 6.07) is 14.3. The zero-order chi connectivity index (χ0) is 20.5. The topological polar surface area (TPSA) is 94.3 Å².